The Kier molecular flexibility index (Phi) is 5.26. The van der Waals surface area contributed by atoms with Gasteiger partial charge in [0.25, 0.3) is 0 Å². The van der Waals surface area contributed by atoms with Gasteiger partial charge < -0.3 is 9.84 Å². The van der Waals surface area contributed by atoms with Gasteiger partial charge in [0, 0.05) is 7.11 Å². The van der Waals surface area contributed by atoms with Crippen LogP contribution in [0.4, 0.5) is 0 Å². The van der Waals surface area contributed by atoms with Crippen molar-refractivity contribution >= 4 is 0 Å². The molecule has 0 aliphatic heterocycles. The molecule has 2 nitrogen and oxygen atoms in total. The molecule has 0 amide bonds. The summed E-state index contributed by atoms with van der Waals surface area (Å²) >= 11 is 0. The number of aliphatic hydroxyl groups is 1. The molecule has 1 fully saturated rings. The molecule has 2 atom stereocenters. The molecule has 0 radical (unpaired) electrons. The first-order chi connectivity index (χ1) is 7.55. The monoisotopic (exact) mass is 228 g/mol. The molecule has 96 valence electrons. The topological polar surface area (TPSA) is 29.5 Å². The van der Waals surface area contributed by atoms with Gasteiger partial charge in [0.2, 0.25) is 0 Å². The van der Waals surface area contributed by atoms with E-state index >= 15 is 0 Å². The number of rotatable bonds is 5. The number of hydrogen-bond donors (Lipinski definition) is 1. The van der Waals surface area contributed by atoms with E-state index in [1.165, 1.54) is 12.8 Å². The average molecular weight is 228 g/mol. The van der Waals surface area contributed by atoms with Crippen LogP contribution < -0.4 is 0 Å². The molecule has 1 aliphatic carbocycles. The molecule has 2 heteroatoms. The Bertz CT molecular complexity index is 195. The SMILES string of the molecule is CCCC(C)C(O)C1(OC)CCC(C)CC1. The Hall–Kier alpha value is -0.0800. The van der Waals surface area contributed by atoms with Crippen LogP contribution in [0.2, 0.25) is 0 Å². The van der Waals surface area contributed by atoms with Crippen molar-refractivity contribution in [1.29, 1.82) is 0 Å². The van der Waals surface area contributed by atoms with Crippen molar-refractivity contribution in [1.82, 2.24) is 0 Å². The maximum atomic E-state index is 10.5. The summed E-state index contributed by atoms with van der Waals surface area (Å²) in [6.45, 7) is 6.61. The number of ether oxygens (including phenoxy) is 1. The van der Waals surface area contributed by atoms with E-state index in [-0.39, 0.29) is 11.7 Å². The summed E-state index contributed by atoms with van der Waals surface area (Å²) in [4.78, 5) is 0. The van der Waals surface area contributed by atoms with Gasteiger partial charge in [0.1, 0.15) is 0 Å². The molecule has 0 heterocycles. The Morgan fingerprint density at radius 3 is 2.38 bits per heavy atom. The minimum absolute atomic E-state index is 0.263. The molecule has 0 saturated heterocycles. The van der Waals surface area contributed by atoms with Crippen molar-refractivity contribution in [2.45, 2.75) is 71.0 Å². The van der Waals surface area contributed by atoms with Gasteiger partial charge in [-0.25, -0.2) is 0 Å². The summed E-state index contributed by atoms with van der Waals surface area (Å²) in [6, 6.07) is 0. The second kappa shape index (κ2) is 6.02. The fourth-order valence-electron chi connectivity index (χ4n) is 3.00. The van der Waals surface area contributed by atoms with Crippen molar-refractivity contribution in [3.63, 3.8) is 0 Å². The van der Waals surface area contributed by atoms with E-state index < -0.39 is 0 Å². The summed E-state index contributed by atoms with van der Waals surface area (Å²) in [5.41, 5.74) is -0.263. The first-order valence-electron chi connectivity index (χ1n) is 6.79. The maximum Gasteiger partial charge on any atom is 0.0939 e. The molecule has 1 aliphatic rings. The molecule has 0 bridgehead atoms. The lowest BCUT2D eigenvalue weighted by Gasteiger charge is -2.43. The molecule has 0 aromatic heterocycles. The molecule has 0 aromatic carbocycles. The van der Waals surface area contributed by atoms with Gasteiger partial charge in [0.05, 0.1) is 11.7 Å². The Labute approximate surface area is 100 Å². The highest BCUT2D eigenvalue weighted by Gasteiger charge is 2.42. The van der Waals surface area contributed by atoms with Gasteiger partial charge in [-0.3, -0.25) is 0 Å². The fraction of sp³-hybridized carbons (Fsp3) is 1.00. The summed E-state index contributed by atoms with van der Waals surface area (Å²) in [6.07, 6.45) is 6.31. The van der Waals surface area contributed by atoms with Crippen LogP contribution in [-0.4, -0.2) is 23.9 Å². The summed E-state index contributed by atoms with van der Waals surface area (Å²) in [5.74, 6) is 1.13. The highest BCUT2D eigenvalue weighted by Crippen LogP contribution is 2.39. The quantitative estimate of drug-likeness (QED) is 0.781. The normalized spacial score (nSPS) is 34.7. The predicted molar refractivity (Wildman–Crippen MR) is 67.5 cm³/mol. The van der Waals surface area contributed by atoms with Gasteiger partial charge >= 0.3 is 0 Å². The van der Waals surface area contributed by atoms with Crippen LogP contribution >= 0.6 is 0 Å². The molecule has 0 spiro atoms. The first-order valence-corrected chi connectivity index (χ1v) is 6.79. The molecule has 16 heavy (non-hydrogen) atoms. The largest absolute Gasteiger partial charge is 0.390 e. The third-order valence-electron chi connectivity index (χ3n) is 4.35. The number of methoxy groups -OCH3 is 1. The third-order valence-corrected chi connectivity index (χ3v) is 4.35. The van der Waals surface area contributed by atoms with Gasteiger partial charge in [-0.2, -0.15) is 0 Å². The average Bonchev–Trinajstić information content (AvgIpc) is 2.30. The van der Waals surface area contributed by atoms with Crippen LogP contribution in [0, 0.1) is 11.8 Å². The van der Waals surface area contributed by atoms with E-state index in [1.54, 1.807) is 7.11 Å². The zero-order chi connectivity index (χ0) is 12.2. The van der Waals surface area contributed by atoms with E-state index in [9.17, 15) is 5.11 Å². The van der Waals surface area contributed by atoms with Crippen LogP contribution in [0.1, 0.15) is 59.3 Å². The minimum atomic E-state index is -0.301. The van der Waals surface area contributed by atoms with Crippen molar-refractivity contribution in [3.05, 3.63) is 0 Å². The van der Waals surface area contributed by atoms with Gasteiger partial charge in [0.15, 0.2) is 0 Å². The van der Waals surface area contributed by atoms with E-state index in [2.05, 4.69) is 20.8 Å². The van der Waals surface area contributed by atoms with Crippen LogP contribution in [0.5, 0.6) is 0 Å². The fourth-order valence-corrected chi connectivity index (χ4v) is 3.00. The van der Waals surface area contributed by atoms with Crippen LogP contribution in [0.3, 0.4) is 0 Å². The lowest BCUT2D eigenvalue weighted by atomic mass is 9.73. The Morgan fingerprint density at radius 2 is 1.94 bits per heavy atom. The van der Waals surface area contributed by atoms with Crippen molar-refractivity contribution in [2.24, 2.45) is 11.8 Å². The first kappa shape index (κ1) is 14.0. The smallest absolute Gasteiger partial charge is 0.0939 e. The van der Waals surface area contributed by atoms with E-state index in [4.69, 9.17) is 4.74 Å². The summed E-state index contributed by atoms with van der Waals surface area (Å²) in [7, 11) is 1.76. The Morgan fingerprint density at radius 1 is 1.38 bits per heavy atom. The molecular formula is C14H28O2. The summed E-state index contributed by atoms with van der Waals surface area (Å²) in [5, 5.41) is 10.5. The van der Waals surface area contributed by atoms with Crippen LogP contribution in [0.15, 0.2) is 0 Å². The van der Waals surface area contributed by atoms with E-state index in [0.717, 1.165) is 31.6 Å². The van der Waals surface area contributed by atoms with Crippen molar-refractivity contribution < 1.29 is 9.84 Å². The Balaban J connectivity index is 2.64. The van der Waals surface area contributed by atoms with Crippen LogP contribution in [-0.2, 0) is 4.74 Å². The van der Waals surface area contributed by atoms with Gasteiger partial charge in [-0.05, 0) is 43.9 Å². The second-order valence-corrected chi connectivity index (χ2v) is 5.66. The third kappa shape index (κ3) is 2.98. The maximum absolute atomic E-state index is 10.5. The molecule has 1 saturated carbocycles. The standard InChI is InChI=1S/C14H28O2/c1-5-6-12(3)13(15)14(16-4)9-7-11(2)8-10-14/h11-13,15H,5-10H2,1-4H3. The highest BCUT2D eigenvalue weighted by atomic mass is 16.5. The lowest BCUT2D eigenvalue weighted by molar-refractivity contribution is -0.145. The molecule has 1 N–H and O–H groups in total. The number of aliphatic hydroxyl groups excluding tert-OH is 1. The molecule has 2 unspecified atom stereocenters. The van der Waals surface area contributed by atoms with Crippen LogP contribution in [0.25, 0.3) is 0 Å². The zero-order valence-corrected chi connectivity index (χ0v) is 11.3. The summed E-state index contributed by atoms with van der Waals surface area (Å²) < 4.78 is 5.71. The predicted octanol–water partition coefficient (Wildman–Crippen LogP) is 3.38. The van der Waals surface area contributed by atoms with Gasteiger partial charge in [-0.1, -0.05) is 27.2 Å². The second-order valence-electron chi connectivity index (χ2n) is 5.66. The zero-order valence-electron chi connectivity index (χ0n) is 11.3. The lowest BCUT2D eigenvalue weighted by Crippen LogP contribution is -2.49. The number of hydrogen-bond acceptors (Lipinski definition) is 2. The van der Waals surface area contributed by atoms with Crippen molar-refractivity contribution in [2.75, 3.05) is 7.11 Å². The molecule has 1 rings (SSSR count). The van der Waals surface area contributed by atoms with E-state index in [0.29, 0.717) is 5.92 Å². The highest BCUT2D eigenvalue weighted by molar-refractivity contribution is 4.94. The molecular weight excluding hydrogens is 200 g/mol. The van der Waals surface area contributed by atoms with Crippen molar-refractivity contribution in [3.8, 4) is 0 Å². The minimum Gasteiger partial charge on any atom is -0.390 e. The van der Waals surface area contributed by atoms with E-state index in [1.807, 2.05) is 0 Å². The molecule has 0 aromatic rings. The van der Waals surface area contributed by atoms with Gasteiger partial charge in [-0.15, -0.1) is 0 Å².